The van der Waals surface area contributed by atoms with Crippen LogP contribution in [0.3, 0.4) is 0 Å². The highest BCUT2D eigenvalue weighted by atomic mass is 16.2. The van der Waals surface area contributed by atoms with Gasteiger partial charge in [0.2, 0.25) is 5.91 Å². The predicted octanol–water partition coefficient (Wildman–Crippen LogP) is 0.627. The van der Waals surface area contributed by atoms with Crippen LogP contribution in [0.2, 0.25) is 0 Å². The first kappa shape index (κ1) is 10.4. The van der Waals surface area contributed by atoms with E-state index in [-0.39, 0.29) is 12.5 Å². The Hall–Kier alpha value is -0.570. The molecule has 0 aliphatic rings. The van der Waals surface area contributed by atoms with Crippen molar-refractivity contribution in [2.24, 2.45) is 0 Å². The minimum absolute atomic E-state index is 0.168. The maximum Gasteiger partial charge on any atom is 0.222 e. The van der Waals surface area contributed by atoms with Crippen LogP contribution in [0.1, 0.15) is 26.2 Å². The highest BCUT2D eigenvalue weighted by molar-refractivity contribution is 5.75. The Kier molecular flexibility index (Phi) is 5.84. The Bertz CT molecular complexity index is 115. The molecule has 0 bridgehead atoms. The fraction of sp³-hybridized carbons (Fsp3) is 0.875. The molecule has 0 fully saturated rings. The number of rotatable bonds is 5. The van der Waals surface area contributed by atoms with Crippen molar-refractivity contribution in [1.82, 2.24) is 4.90 Å². The monoisotopic (exact) mass is 159 g/mol. The van der Waals surface area contributed by atoms with Gasteiger partial charge in [0.25, 0.3) is 0 Å². The second-order valence-corrected chi connectivity index (χ2v) is 2.59. The van der Waals surface area contributed by atoms with E-state index in [9.17, 15) is 4.79 Å². The summed E-state index contributed by atoms with van der Waals surface area (Å²) in [4.78, 5) is 12.8. The van der Waals surface area contributed by atoms with Gasteiger partial charge in [0.05, 0.1) is 0 Å². The van der Waals surface area contributed by atoms with Crippen molar-refractivity contribution < 1.29 is 9.90 Å². The molecule has 0 aromatic rings. The van der Waals surface area contributed by atoms with Gasteiger partial charge >= 0.3 is 0 Å². The topological polar surface area (TPSA) is 40.5 Å². The molecule has 0 atom stereocenters. The first-order valence-electron chi connectivity index (χ1n) is 4.07. The first-order valence-corrected chi connectivity index (χ1v) is 4.07. The molecule has 0 spiro atoms. The third kappa shape index (κ3) is 4.79. The predicted molar refractivity (Wildman–Crippen MR) is 44.2 cm³/mol. The molecule has 0 radical (unpaired) electrons. The number of amides is 1. The summed E-state index contributed by atoms with van der Waals surface area (Å²) in [6, 6.07) is 0. The largest absolute Gasteiger partial charge is 0.396 e. The van der Waals surface area contributed by atoms with Gasteiger partial charge < -0.3 is 10.0 Å². The summed E-state index contributed by atoms with van der Waals surface area (Å²) in [6.45, 7) is 2.89. The first-order chi connectivity index (χ1) is 5.22. The lowest BCUT2D eigenvalue weighted by Crippen LogP contribution is -2.25. The van der Waals surface area contributed by atoms with Crippen molar-refractivity contribution in [2.45, 2.75) is 26.2 Å². The number of unbranched alkanes of at least 4 members (excludes halogenated alkanes) is 1. The van der Waals surface area contributed by atoms with Gasteiger partial charge in [-0.25, -0.2) is 0 Å². The molecule has 66 valence electrons. The summed E-state index contributed by atoms with van der Waals surface area (Å²) in [6.07, 6.45) is 2.08. The van der Waals surface area contributed by atoms with Crippen LogP contribution < -0.4 is 0 Å². The molecule has 0 aromatic carbocycles. The number of aliphatic hydroxyl groups excluding tert-OH is 1. The van der Waals surface area contributed by atoms with E-state index in [1.165, 1.54) is 0 Å². The summed E-state index contributed by atoms with van der Waals surface area (Å²) in [5.41, 5.74) is 0. The van der Waals surface area contributed by atoms with Crippen molar-refractivity contribution in [3.05, 3.63) is 0 Å². The molecular weight excluding hydrogens is 142 g/mol. The number of nitrogens with zero attached hydrogens (tertiary/aromatic N) is 1. The molecule has 0 aliphatic heterocycles. The third-order valence-electron chi connectivity index (χ3n) is 1.70. The minimum atomic E-state index is 0.168. The lowest BCUT2D eigenvalue weighted by Gasteiger charge is -2.13. The zero-order chi connectivity index (χ0) is 8.69. The summed E-state index contributed by atoms with van der Waals surface area (Å²) in [7, 11) is 1.79. The standard InChI is InChI=1S/C8H17NO2/c1-3-9(2)8(11)6-4-5-7-10/h10H,3-7H2,1-2H3. The molecule has 11 heavy (non-hydrogen) atoms. The molecule has 0 aromatic heterocycles. The molecule has 0 saturated carbocycles. The molecule has 1 N–H and O–H groups in total. The second kappa shape index (κ2) is 6.16. The van der Waals surface area contributed by atoms with Gasteiger partial charge in [-0.3, -0.25) is 4.79 Å². The average molecular weight is 159 g/mol. The number of carbonyl (C=O) groups excluding carboxylic acids is 1. The van der Waals surface area contributed by atoms with Crippen LogP contribution in [0, 0.1) is 0 Å². The molecule has 0 rings (SSSR count). The zero-order valence-corrected chi connectivity index (χ0v) is 7.34. The molecule has 0 aliphatic carbocycles. The fourth-order valence-corrected chi connectivity index (χ4v) is 0.755. The minimum Gasteiger partial charge on any atom is -0.396 e. The van der Waals surface area contributed by atoms with Crippen molar-refractivity contribution in [2.75, 3.05) is 20.2 Å². The van der Waals surface area contributed by atoms with Gasteiger partial charge in [-0.05, 0) is 19.8 Å². The Morgan fingerprint density at radius 3 is 2.55 bits per heavy atom. The van der Waals surface area contributed by atoms with Crippen molar-refractivity contribution in [3.8, 4) is 0 Å². The Morgan fingerprint density at radius 2 is 2.09 bits per heavy atom. The summed E-state index contributed by atoms with van der Waals surface area (Å²) >= 11 is 0. The van der Waals surface area contributed by atoms with Gasteiger partial charge in [-0.2, -0.15) is 0 Å². The van der Waals surface area contributed by atoms with E-state index in [0.717, 1.165) is 19.4 Å². The molecule has 3 heteroatoms. The fourth-order valence-electron chi connectivity index (χ4n) is 0.755. The van der Waals surface area contributed by atoms with Crippen LogP contribution in [0.5, 0.6) is 0 Å². The van der Waals surface area contributed by atoms with Crippen molar-refractivity contribution in [3.63, 3.8) is 0 Å². The maximum atomic E-state index is 11.1. The molecule has 0 unspecified atom stereocenters. The Balaban J connectivity index is 3.36. The van der Waals surface area contributed by atoms with Crippen molar-refractivity contribution >= 4 is 5.91 Å². The van der Waals surface area contributed by atoms with E-state index in [4.69, 9.17) is 5.11 Å². The summed E-state index contributed by atoms with van der Waals surface area (Å²) < 4.78 is 0. The van der Waals surface area contributed by atoms with Gasteiger partial charge in [0, 0.05) is 26.6 Å². The average Bonchev–Trinajstić information content (AvgIpc) is 2.03. The molecule has 0 saturated heterocycles. The van der Waals surface area contributed by atoms with Crippen LogP contribution >= 0.6 is 0 Å². The van der Waals surface area contributed by atoms with Crippen LogP contribution in [-0.4, -0.2) is 36.1 Å². The lowest BCUT2D eigenvalue weighted by atomic mass is 10.2. The van der Waals surface area contributed by atoms with E-state index < -0.39 is 0 Å². The van der Waals surface area contributed by atoms with Gasteiger partial charge in [0.15, 0.2) is 0 Å². The highest BCUT2D eigenvalue weighted by Gasteiger charge is 2.04. The molecular formula is C8H17NO2. The van der Waals surface area contributed by atoms with Gasteiger partial charge in [-0.1, -0.05) is 0 Å². The van der Waals surface area contributed by atoms with E-state index in [2.05, 4.69) is 0 Å². The second-order valence-electron chi connectivity index (χ2n) is 2.59. The lowest BCUT2D eigenvalue weighted by molar-refractivity contribution is -0.129. The van der Waals surface area contributed by atoms with Crippen LogP contribution in [-0.2, 0) is 4.79 Å². The quantitative estimate of drug-likeness (QED) is 0.598. The Labute approximate surface area is 68.0 Å². The SMILES string of the molecule is CCN(C)C(=O)CCCCO. The van der Waals surface area contributed by atoms with Gasteiger partial charge in [0.1, 0.15) is 0 Å². The maximum absolute atomic E-state index is 11.1. The number of hydrogen-bond donors (Lipinski definition) is 1. The van der Waals surface area contributed by atoms with Crippen molar-refractivity contribution in [1.29, 1.82) is 0 Å². The Morgan fingerprint density at radius 1 is 1.45 bits per heavy atom. The van der Waals surface area contributed by atoms with E-state index in [0.29, 0.717) is 6.42 Å². The van der Waals surface area contributed by atoms with E-state index in [1.807, 2.05) is 6.92 Å². The summed E-state index contributed by atoms with van der Waals surface area (Å²) in [5.74, 6) is 0.168. The third-order valence-corrected chi connectivity index (χ3v) is 1.70. The van der Waals surface area contributed by atoms with E-state index in [1.54, 1.807) is 11.9 Å². The molecule has 0 heterocycles. The number of hydrogen-bond acceptors (Lipinski definition) is 2. The van der Waals surface area contributed by atoms with Crippen LogP contribution in [0.4, 0.5) is 0 Å². The smallest absolute Gasteiger partial charge is 0.222 e. The number of carbonyl (C=O) groups is 1. The number of aliphatic hydroxyl groups is 1. The molecule has 3 nitrogen and oxygen atoms in total. The molecule has 1 amide bonds. The zero-order valence-electron chi connectivity index (χ0n) is 7.34. The summed E-state index contributed by atoms with van der Waals surface area (Å²) in [5, 5.41) is 8.45. The van der Waals surface area contributed by atoms with Gasteiger partial charge in [-0.15, -0.1) is 0 Å². The van der Waals surface area contributed by atoms with Crippen LogP contribution in [0.25, 0.3) is 0 Å². The highest BCUT2D eigenvalue weighted by Crippen LogP contribution is 1.97. The van der Waals surface area contributed by atoms with E-state index >= 15 is 0 Å². The normalized spacial score (nSPS) is 9.73. The van der Waals surface area contributed by atoms with Crippen LogP contribution in [0.15, 0.2) is 0 Å².